The highest BCUT2D eigenvalue weighted by Crippen LogP contribution is 2.21. The fourth-order valence-corrected chi connectivity index (χ4v) is 3.21. The summed E-state index contributed by atoms with van der Waals surface area (Å²) >= 11 is 0. The van der Waals surface area contributed by atoms with Crippen molar-refractivity contribution in [3.8, 4) is 0 Å². The SMILES string of the molecule is C1CN=C(NC[C@H]([C@H]2CCOC2)N2CCOCC2)NC1. The topological polar surface area (TPSA) is 58.1 Å². The summed E-state index contributed by atoms with van der Waals surface area (Å²) in [4.78, 5) is 7.05. The normalized spacial score (nSPS) is 29.6. The van der Waals surface area contributed by atoms with Gasteiger partial charge >= 0.3 is 0 Å². The molecule has 0 bridgehead atoms. The second-order valence-electron chi connectivity index (χ2n) is 5.73. The predicted molar refractivity (Wildman–Crippen MR) is 78.0 cm³/mol. The van der Waals surface area contributed by atoms with Gasteiger partial charge in [0.05, 0.1) is 19.8 Å². The Morgan fingerprint density at radius 1 is 1.30 bits per heavy atom. The van der Waals surface area contributed by atoms with E-state index in [1.807, 2.05) is 0 Å². The number of hydrogen-bond acceptors (Lipinski definition) is 6. The van der Waals surface area contributed by atoms with Crippen LogP contribution in [0.4, 0.5) is 0 Å². The van der Waals surface area contributed by atoms with Gasteiger partial charge in [-0.1, -0.05) is 0 Å². The van der Waals surface area contributed by atoms with Crippen LogP contribution in [0.5, 0.6) is 0 Å². The molecular weight excluding hydrogens is 256 g/mol. The fraction of sp³-hybridized carbons (Fsp3) is 0.929. The van der Waals surface area contributed by atoms with Crippen molar-refractivity contribution in [2.45, 2.75) is 18.9 Å². The Morgan fingerprint density at radius 3 is 2.90 bits per heavy atom. The van der Waals surface area contributed by atoms with Crippen LogP contribution < -0.4 is 10.6 Å². The molecule has 3 heterocycles. The van der Waals surface area contributed by atoms with E-state index in [1.54, 1.807) is 0 Å². The van der Waals surface area contributed by atoms with E-state index in [4.69, 9.17) is 9.47 Å². The Bertz CT molecular complexity index is 325. The lowest BCUT2D eigenvalue weighted by Gasteiger charge is -2.37. The smallest absolute Gasteiger partial charge is 0.191 e. The summed E-state index contributed by atoms with van der Waals surface area (Å²) in [5.74, 6) is 1.60. The quantitative estimate of drug-likeness (QED) is 0.739. The van der Waals surface area contributed by atoms with Crippen molar-refractivity contribution in [2.24, 2.45) is 10.9 Å². The summed E-state index contributed by atoms with van der Waals surface area (Å²) in [6.07, 6.45) is 2.30. The number of nitrogens with one attached hydrogen (secondary N) is 2. The summed E-state index contributed by atoms with van der Waals surface area (Å²) in [6.45, 7) is 8.47. The number of ether oxygens (including phenoxy) is 2. The van der Waals surface area contributed by atoms with Crippen LogP contribution >= 0.6 is 0 Å². The van der Waals surface area contributed by atoms with Crippen LogP contribution in [-0.4, -0.2) is 76.1 Å². The Kier molecular flexibility index (Phi) is 5.11. The molecule has 2 saturated heterocycles. The van der Waals surface area contributed by atoms with Gasteiger partial charge < -0.3 is 20.1 Å². The first-order valence-corrected chi connectivity index (χ1v) is 7.85. The van der Waals surface area contributed by atoms with Gasteiger partial charge in [0.1, 0.15) is 0 Å². The highest BCUT2D eigenvalue weighted by atomic mass is 16.5. The molecule has 2 atom stereocenters. The molecular formula is C14H26N4O2. The number of rotatable bonds is 4. The van der Waals surface area contributed by atoms with E-state index in [1.165, 1.54) is 6.42 Å². The van der Waals surface area contributed by atoms with Crippen molar-refractivity contribution in [1.29, 1.82) is 0 Å². The monoisotopic (exact) mass is 282 g/mol. The Labute approximate surface area is 120 Å². The van der Waals surface area contributed by atoms with Gasteiger partial charge in [-0.25, -0.2) is 0 Å². The zero-order valence-corrected chi connectivity index (χ0v) is 12.1. The van der Waals surface area contributed by atoms with Gasteiger partial charge in [-0.3, -0.25) is 9.89 Å². The van der Waals surface area contributed by atoms with Crippen molar-refractivity contribution < 1.29 is 9.47 Å². The minimum atomic E-state index is 0.521. The maximum Gasteiger partial charge on any atom is 0.191 e. The molecule has 3 aliphatic rings. The molecule has 6 nitrogen and oxygen atoms in total. The van der Waals surface area contributed by atoms with E-state index in [0.29, 0.717) is 12.0 Å². The maximum absolute atomic E-state index is 5.59. The molecule has 0 radical (unpaired) electrons. The number of aliphatic imine (C=N–C) groups is 1. The zero-order chi connectivity index (χ0) is 13.6. The molecule has 0 spiro atoms. The molecule has 0 saturated carbocycles. The zero-order valence-electron chi connectivity index (χ0n) is 12.1. The molecule has 3 rings (SSSR count). The number of guanidine groups is 1. The molecule has 0 aromatic rings. The van der Waals surface area contributed by atoms with E-state index in [2.05, 4.69) is 20.5 Å². The van der Waals surface area contributed by atoms with Gasteiger partial charge in [-0.15, -0.1) is 0 Å². The van der Waals surface area contributed by atoms with Gasteiger partial charge in [-0.05, 0) is 12.8 Å². The molecule has 0 aliphatic carbocycles. The van der Waals surface area contributed by atoms with Crippen molar-refractivity contribution in [1.82, 2.24) is 15.5 Å². The Balaban J connectivity index is 1.57. The van der Waals surface area contributed by atoms with Crippen molar-refractivity contribution in [3.05, 3.63) is 0 Å². The van der Waals surface area contributed by atoms with Crippen molar-refractivity contribution in [3.63, 3.8) is 0 Å². The number of hydrogen-bond donors (Lipinski definition) is 2. The van der Waals surface area contributed by atoms with Crippen LogP contribution in [0.3, 0.4) is 0 Å². The second-order valence-corrected chi connectivity index (χ2v) is 5.73. The molecule has 2 fully saturated rings. The first-order valence-electron chi connectivity index (χ1n) is 7.85. The molecule has 6 heteroatoms. The van der Waals surface area contributed by atoms with Crippen molar-refractivity contribution >= 4 is 5.96 Å². The lowest BCUT2D eigenvalue weighted by molar-refractivity contribution is 0.00246. The van der Waals surface area contributed by atoms with Gasteiger partial charge in [-0.2, -0.15) is 0 Å². The molecule has 114 valence electrons. The van der Waals surface area contributed by atoms with Gasteiger partial charge in [0, 0.05) is 51.3 Å². The maximum atomic E-state index is 5.59. The van der Waals surface area contributed by atoms with Gasteiger partial charge in [0.25, 0.3) is 0 Å². The summed E-state index contributed by atoms with van der Waals surface area (Å²) < 4.78 is 11.1. The van der Waals surface area contributed by atoms with Crippen molar-refractivity contribution in [2.75, 3.05) is 59.2 Å². The average Bonchev–Trinajstić information content (AvgIpc) is 3.04. The van der Waals surface area contributed by atoms with Gasteiger partial charge in [0.2, 0.25) is 0 Å². The third kappa shape index (κ3) is 3.62. The Morgan fingerprint density at radius 2 is 2.20 bits per heavy atom. The largest absolute Gasteiger partial charge is 0.381 e. The standard InChI is InChI=1S/C14H26N4O2/c1-3-15-14(16-4-1)17-10-13(12-2-7-20-11-12)18-5-8-19-9-6-18/h12-13H,1-11H2,(H2,15,16,17)/t12-,13+/m0/s1. The molecule has 0 unspecified atom stereocenters. The van der Waals surface area contributed by atoms with E-state index < -0.39 is 0 Å². The summed E-state index contributed by atoms with van der Waals surface area (Å²) in [6, 6.07) is 0.521. The van der Waals surface area contributed by atoms with E-state index in [0.717, 1.165) is 71.5 Å². The third-order valence-corrected chi connectivity index (χ3v) is 4.40. The fourth-order valence-electron chi connectivity index (χ4n) is 3.21. The molecule has 0 amide bonds. The second kappa shape index (κ2) is 7.24. The van der Waals surface area contributed by atoms with Crippen LogP contribution in [0.25, 0.3) is 0 Å². The third-order valence-electron chi connectivity index (χ3n) is 4.40. The molecule has 3 aliphatic heterocycles. The first kappa shape index (κ1) is 14.1. The molecule has 2 N–H and O–H groups in total. The lowest BCUT2D eigenvalue weighted by atomic mass is 9.97. The first-order chi connectivity index (χ1) is 9.93. The lowest BCUT2D eigenvalue weighted by Crippen LogP contribution is -2.54. The van der Waals surface area contributed by atoms with Crippen LogP contribution in [0.1, 0.15) is 12.8 Å². The number of nitrogens with zero attached hydrogens (tertiary/aromatic N) is 2. The van der Waals surface area contributed by atoms with Crippen LogP contribution in [0, 0.1) is 5.92 Å². The van der Waals surface area contributed by atoms with E-state index in [9.17, 15) is 0 Å². The highest BCUT2D eigenvalue weighted by molar-refractivity contribution is 5.80. The molecule has 0 aromatic heterocycles. The Hall–Kier alpha value is -0.850. The van der Waals surface area contributed by atoms with E-state index in [-0.39, 0.29) is 0 Å². The van der Waals surface area contributed by atoms with Gasteiger partial charge in [0.15, 0.2) is 5.96 Å². The predicted octanol–water partition coefficient (Wildman–Crippen LogP) is -0.337. The van der Waals surface area contributed by atoms with Crippen LogP contribution in [-0.2, 0) is 9.47 Å². The summed E-state index contributed by atoms with van der Waals surface area (Å²) in [5, 5.41) is 6.83. The average molecular weight is 282 g/mol. The van der Waals surface area contributed by atoms with E-state index >= 15 is 0 Å². The summed E-state index contributed by atoms with van der Waals surface area (Å²) in [5.41, 5.74) is 0. The van der Waals surface area contributed by atoms with Crippen LogP contribution in [0.2, 0.25) is 0 Å². The summed E-state index contributed by atoms with van der Waals surface area (Å²) in [7, 11) is 0. The minimum absolute atomic E-state index is 0.521. The minimum Gasteiger partial charge on any atom is -0.381 e. The molecule has 20 heavy (non-hydrogen) atoms. The number of morpholine rings is 1. The van der Waals surface area contributed by atoms with Crippen LogP contribution in [0.15, 0.2) is 4.99 Å². The highest BCUT2D eigenvalue weighted by Gasteiger charge is 2.31. The molecule has 0 aromatic carbocycles.